The van der Waals surface area contributed by atoms with Crippen molar-refractivity contribution >= 4 is 34.8 Å². The summed E-state index contributed by atoms with van der Waals surface area (Å²) >= 11 is 17.8. The summed E-state index contributed by atoms with van der Waals surface area (Å²) in [6.07, 6.45) is 0.974. The van der Waals surface area contributed by atoms with Crippen molar-refractivity contribution in [2.24, 2.45) is 0 Å². The van der Waals surface area contributed by atoms with Gasteiger partial charge >= 0.3 is 0 Å². The predicted molar refractivity (Wildman–Crippen MR) is 114 cm³/mol. The topological polar surface area (TPSA) is 21.3 Å². The van der Waals surface area contributed by atoms with Crippen LogP contribution >= 0.6 is 34.8 Å². The molecule has 0 fully saturated rings. The molecule has 0 aliphatic carbocycles. The van der Waals surface area contributed by atoms with Crippen molar-refractivity contribution in [3.05, 3.63) is 98.5 Å². The van der Waals surface area contributed by atoms with E-state index in [0.717, 1.165) is 35.8 Å². The molecule has 0 atom stereocenters. The number of hydrogen-bond acceptors (Lipinski definition) is 2. The first kappa shape index (κ1) is 20.0. The van der Waals surface area contributed by atoms with Gasteiger partial charge in [0.15, 0.2) is 0 Å². The zero-order chi connectivity index (χ0) is 19.1. The lowest BCUT2D eigenvalue weighted by Gasteiger charge is -2.09. The van der Waals surface area contributed by atoms with Crippen LogP contribution in [0.4, 0.5) is 0 Å². The second-order valence-corrected chi connectivity index (χ2v) is 7.49. The summed E-state index contributed by atoms with van der Waals surface area (Å²) in [7, 11) is 0. The number of halogens is 3. The molecule has 0 saturated carbocycles. The zero-order valence-corrected chi connectivity index (χ0v) is 17.0. The summed E-state index contributed by atoms with van der Waals surface area (Å²) in [6.45, 7) is 2.19. The van der Waals surface area contributed by atoms with E-state index >= 15 is 0 Å². The van der Waals surface area contributed by atoms with Crippen molar-refractivity contribution in [3.8, 4) is 5.75 Å². The SMILES string of the molecule is Clc1ccc(CCNCc2ccc(OCc3ccc(Cl)c(Cl)c3)cc2)cc1. The van der Waals surface area contributed by atoms with Gasteiger partial charge in [-0.3, -0.25) is 0 Å². The Hall–Kier alpha value is -1.71. The molecule has 140 valence electrons. The van der Waals surface area contributed by atoms with E-state index in [1.807, 2.05) is 36.4 Å². The Morgan fingerprint density at radius 3 is 2.07 bits per heavy atom. The Balaban J connectivity index is 1.41. The third kappa shape index (κ3) is 6.44. The molecule has 0 bridgehead atoms. The summed E-state index contributed by atoms with van der Waals surface area (Å²) in [5.41, 5.74) is 3.48. The first-order valence-corrected chi connectivity index (χ1v) is 9.84. The molecule has 27 heavy (non-hydrogen) atoms. The first-order chi connectivity index (χ1) is 13.1. The molecule has 2 nitrogen and oxygen atoms in total. The van der Waals surface area contributed by atoms with Gasteiger partial charge in [-0.05, 0) is 66.1 Å². The maximum atomic E-state index is 6.02. The summed E-state index contributed by atoms with van der Waals surface area (Å²) in [6, 6.07) is 21.6. The van der Waals surface area contributed by atoms with Gasteiger partial charge in [0.25, 0.3) is 0 Å². The number of ether oxygens (including phenoxy) is 1. The molecule has 3 aromatic rings. The monoisotopic (exact) mass is 419 g/mol. The molecule has 0 spiro atoms. The number of rotatable bonds is 8. The summed E-state index contributed by atoms with van der Waals surface area (Å²) in [5.74, 6) is 0.825. The predicted octanol–water partition coefficient (Wildman–Crippen LogP) is 6.56. The Morgan fingerprint density at radius 2 is 1.37 bits per heavy atom. The standard InChI is InChI=1S/C22H20Cl3NO/c23-19-6-1-16(2-7-19)11-12-26-14-17-3-8-20(9-4-17)27-15-18-5-10-21(24)22(25)13-18/h1-10,13,26H,11-12,14-15H2. The van der Waals surface area contributed by atoms with E-state index < -0.39 is 0 Å². The highest BCUT2D eigenvalue weighted by Crippen LogP contribution is 2.23. The molecular formula is C22H20Cl3NO. The van der Waals surface area contributed by atoms with Gasteiger partial charge in [0.05, 0.1) is 10.0 Å². The highest BCUT2D eigenvalue weighted by Gasteiger charge is 2.01. The molecule has 0 aliphatic heterocycles. The first-order valence-electron chi connectivity index (χ1n) is 8.71. The van der Waals surface area contributed by atoms with E-state index in [2.05, 4.69) is 29.6 Å². The van der Waals surface area contributed by atoms with Gasteiger partial charge in [0.1, 0.15) is 12.4 Å². The van der Waals surface area contributed by atoms with Crippen LogP contribution in [0.2, 0.25) is 15.1 Å². The maximum Gasteiger partial charge on any atom is 0.119 e. The van der Waals surface area contributed by atoms with Gasteiger partial charge in [0.2, 0.25) is 0 Å². The Bertz CT molecular complexity index is 864. The Labute approximate surface area is 175 Å². The van der Waals surface area contributed by atoms with Gasteiger partial charge in [-0.25, -0.2) is 0 Å². The second-order valence-electron chi connectivity index (χ2n) is 6.23. The molecule has 0 saturated heterocycles. The minimum atomic E-state index is 0.454. The number of nitrogens with one attached hydrogen (secondary N) is 1. The maximum absolute atomic E-state index is 6.02. The summed E-state index contributed by atoms with van der Waals surface area (Å²) in [4.78, 5) is 0. The smallest absolute Gasteiger partial charge is 0.119 e. The summed E-state index contributed by atoms with van der Waals surface area (Å²) in [5, 5.41) is 5.31. The van der Waals surface area contributed by atoms with Crippen molar-refractivity contribution < 1.29 is 4.74 Å². The fraction of sp³-hybridized carbons (Fsp3) is 0.182. The average Bonchev–Trinajstić information content (AvgIpc) is 2.68. The lowest BCUT2D eigenvalue weighted by molar-refractivity contribution is 0.306. The lowest BCUT2D eigenvalue weighted by atomic mass is 10.1. The molecule has 3 aromatic carbocycles. The molecule has 5 heteroatoms. The molecule has 0 amide bonds. The van der Waals surface area contributed by atoms with Crippen LogP contribution in [0.25, 0.3) is 0 Å². The third-order valence-electron chi connectivity index (χ3n) is 4.15. The Morgan fingerprint density at radius 1 is 0.704 bits per heavy atom. The average molecular weight is 421 g/mol. The van der Waals surface area contributed by atoms with E-state index in [0.29, 0.717) is 16.7 Å². The van der Waals surface area contributed by atoms with Gasteiger partial charge in [-0.15, -0.1) is 0 Å². The van der Waals surface area contributed by atoms with Crippen LogP contribution in [-0.4, -0.2) is 6.54 Å². The minimum absolute atomic E-state index is 0.454. The largest absolute Gasteiger partial charge is 0.489 e. The van der Waals surface area contributed by atoms with Gasteiger partial charge in [-0.2, -0.15) is 0 Å². The molecule has 0 unspecified atom stereocenters. The van der Waals surface area contributed by atoms with E-state index in [1.165, 1.54) is 11.1 Å². The van der Waals surface area contributed by atoms with Crippen molar-refractivity contribution in [1.82, 2.24) is 5.32 Å². The molecule has 1 N–H and O–H groups in total. The van der Waals surface area contributed by atoms with E-state index in [9.17, 15) is 0 Å². The van der Waals surface area contributed by atoms with Crippen molar-refractivity contribution in [1.29, 1.82) is 0 Å². The number of benzene rings is 3. The van der Waals surface area contributed by atoms with Crippen LogP contribution in [0.3, 0.4) is 0 Å². The summed E-state index contributed by atoms with van der Waals surface area (Å²) < 4.78 is 5.80. The van der Waals surface area contributed by atoms with Gasteiger partial charge in [0, 0.05) is 11.6 Å². The highest BCUT2D eigenvalue weighted by atomic mass is 35.5. The van der Waals surface area contributed by atoms with Crippen LogP contribution in [0.1, 0.15) is 16.7 Å². The fourth-order valence-electron chi connectivity index (χ4n) is 2.62. The highest BCUT2D eigenvalue weighted by molar-refractivity contribution is 6.42. The van der Waals surface area contributed by atoms with E-state index in [-0.39, 0.29) is 0 Å². The molecule has 0 heterocycles. The fourth-order valence-corrected chi connectivity index (χ4v) is 3.06. The van der Waals surface area contributed by atoms with E-state index in [1.54, 1.807) is 6.07 Å². The lowest BCUT2D eigenvalue weighted by Crippen LogP contribution is -2.16. The van der Waals surface area contributed by atoms with Crippen LogP contribution in [-0.2, 0) is 19.6 Å². The van der Waals surface area contributed by atoms with Crippen LogP contribution in [0, 0.1) is 0 Å². The van der Waals surface area contributed by atoms with Crippen molar-refractivity contribution in [2.45, 2.75) is 19.6 Å². The van der Waals surface area contributed by atoms with E-state index in [4.69, 9.17) is 39.5 Å². The molecular weight excluding hydrogens is 401 g/mol. The number of hydrogen-bond donors (Lipinski definition) is 1. The quantitative estimate of drug-likeness (QED) is 0.417. The van der Waals surface area contributed by atoms with Gasteiger partial charge < -0.3 is 10.1 Å². The van der Waals surface area contributed by atoms with Crippen LogP contribution in [0.5, 0.6) is 5.75 Å². The van der Waals surface area contributed by atoms with Gasteiger partial charge in [-0.1, -0.05) is 65.1 Å². The second kappa shape index (κ2) is 10.0. The van der Waals surface area contributed by atoms with Crippen LogP contribution in [0.15, 0.2) is 66.7 Å². The zero-order valence-electron chi connectivity index (χ0n) is 14.7. The molecule has 0 aromatic heterocycles. The van der Waals surface area contributed by atoms with Crippen LogP contribution < -0.4 is 10.1 Å². The molecule has 3 rings (SSSR count). The normalized spacial score (nSPS) is 10.8. The molecule has 0 aliphatic rings. The minimum Gasteiger partial charge on any atom is -0.489 e. The van der Waals surface area contributed by atoms with Crippen molar-refractivity contribution in [2.75, 3.05) is 6.54 Å². The Kier molecular flexibility index (Phi) is 7.42. The molecule has 0 radical (unpaired) electrons. The third-order valence-corrected chi connectivity index (χ3v) is 5.14. The van der Waals surface area contributed by atoms with Crippen molar-refractivity contribution in [3.63, 3.8) is 0 Å².